The van der Waals surface area contributed by atoms with Crippen LogP contribution in [0, 0.1) is 5.92 Å². The Balaban J connectivity index is 2.91. The molecular weight excluding hydrogens is 396 g/mol. The number of aliphatic hydroxyl groups is 2. The van der Waals surface area contributed by atoms with Gasteiger partial charge in [0, 0.05) is 6.54 Å². The van der Waals surface area contributed by atoms with Crippen LogP contribution >= 0.6 is 0 Å². The van der Waals surface area contributed by atoms with Gasteiger partial charge in [0.1, 0.15) is 24.2 Å². The minimum absolute atomic E-state index is 0.276. The zero-order valence-corrected chi connectivity index (χ0v) is 17.9. The average molecular weight is 431 g/mol. The number of nitrogens with one attached hydrogen (secondary N) is 2. The third kappa shape index (κ3) is 6.38. The number of carboxylic acids is 1. The molecule has 7 unspecified atom stereocenters. The first-order chi connectivity index (χ1) is 13.9. The molecule has 7 atom stereocenters. The molecule has 7 N–H and O–H groups in total. The monoisotopic (exact) mass is 430 g/mol. The lowest BCUT2D eigenvalue weighted by Crippen LogP contribution is -2.60. The van der Waals surface area contributed by atoms with E-state index in [1.807, 2.05) is 0 Å². The zero-order chi connectivity index (χ0) is 23.2. The van der Waals surface area contributed by atoms with Gasteiger partial charge in [-0.15, -0.1) is 0 Å². The number of amides is 3. The normalized spacial score (nSPS) is 22.4. The maximum Gasteiger partial charge on any atom is 0.326 e. The average Bonchev–Trinajstić information content (AvgIpc) is 3.17. The van der Waals surface area contributed by atoms with Crippen LogP contribution in [0.3, 0.4) is 0 Å². The number of nitrogens with two attached hydrogens (primary N) is 1. The molecule has 30 heavy (non-hydrogen) atoms. The summed E-state index contributed by atoms with van der Waals surface area (Å²) in [5.41, 5.74) is 5.69. The van der Waals surface area contributed by atoms with Crippen LogP contribution in [0.25, 0.3) is 0 Å². The molecule has 11 heteroatoms. The first kappa shape index (κ1) is 25.8. The SMILES string of the molecule is CCC(C)C(NC(=O)C(NC(=O)C1CCCN1C(=O)C(N)C(C)O)C(C)O)C(=O)O. The molecule has 1 heterocycles. The summed E-state index contributed by atoms with van der Waals surface area (Å²) in [4.78, 5) is 50.5. The summed E-state index contributed by atoms with van der Waals surface area (Å²) in [6.07, 6.45) is -1.01. The van der Waals surface area contributed by atoms with Crippen LogP contribution in [0.4, 0.5) is 0 Å². The number of carbonyl (C=O) groups excluding carboxylic acids is 3. The minimum Gasteiger partial charge on any atom is -0.480 e. The maximum atomic E-state index is 12.8. The molecule has 0 aliphatic carbocycles. The molecule has 1 aliphatic heterocycles. The molecular formula is C19H34N4O7. The highest BCUT2D eigenvalue weighted by Gasteiger charge is 2.39. The quantitative estimate of drug-likeness (QED) is 0.234. The lowest BCUT2D eigenvalue weighted by Gasteiger charge is -2.30. The fraction of sp³-hybridized carbons (Fsp3) is 0.789. The second-order valence-electron chi connectivity index (χ2n) is 7.89. The topological polar surface area (TPSA) is 182 Å². The van der Waals surface area contributed by atoms with Gasteiger partial charge in [-0.1, -0.05) is 20.3 Å². The second-order valence-corrected chi connectivity index (χ2v) is 7.89. The van der Waals surface area contributed by atoms with Crippen LogP contribution in [0.2, 0.25) is 0 Å². The van der Waals surface area contributed by atoms with Crippen molar-refractivity contribution in [1.29, 1.82) is 0 Å². The molecule has 172 valence electrons. The molecule has 1 rings (SSSR count). The van der Waals surface area contributed by atoms with Crippen LogP contribution in [0.1, 0.15) is 47.0 Å². The van der Waals surface area contributed by atoms with E-state index in [-0.39, 0.29) is 12.5 Å². The fourth-order valence-corrected chi connectivity index (χ4v) is 3.28. The Morgan fingerprint density at radius 1 is 1.07 bits per heavy atom. The number of aliphatic carboxylic acids is 1. The fourth-order valence-electron chi connectivity index (χ4n) is 3.28. The second kappa shape index (κ2) is 11.2. The van der Waals surface area contributed by atoms with Gasteiger partial charge in [-0.3, -0.25) is 14.4 Å². The van der Waals surface area contributed by atoms with E-state index in [0.29, 0.717) is 19.3 Å². The first-order valence-corrected chi connectivity index (χ1v) is 10.2. The van der Waals surface area contributed by atoms with Gasteiger partial charge >= 0.3 is 5.97 Å². The molecule has 0 aromatic heterocycles. The lowest BCUT2D eigenvalue weighted by atomic mass is 9.98. The number of hydrogen-bond donors (Lipinski definition) is 6. The van der Waals surface area contributed by atoms with E-state index in [1.54, 1.807) is 13.8 Å². The van der Waals surface area contributed by atoms with Gasteiger partial charge in [-0.05, 0) is 32.6 Å². The summed E-state index contributed by atoms with van der Waals surface area (Å²) in [5.74, 6) is -3.64. The van der Waals surface area contributed by atoms with E-state index in [4.69, 9.17) is 5.73 Å². The molecule has 1 fully saturated rings. The van der Waals surface area contributed by atoms with E-state index in [9.17, 15) is 34.5 Å². The van der Waals surface area contributed by atoms with Gasteiger partial charge < -0.3 is 36.6 Å². The Morgan fingerprint density at radius 3 is 2.13 bits per heavy atom. The van der Waals surface area contributed by atoms with E-state index in [0.717, 1.165) is 0 Å². The van der Waals surface area contributed by atoms with Crippen LogP contribution < -0.4 is 16.4 Å². The van der Waals surface area contributed by atoms with Crippen molar-refractivity contribution in [1.82, 2.24) is 15.5 Å². The number of carboxylic acid groups (broad SMARTS) is 1. The molecule has 1 aliphatic rings. The van der Waals surface area contributed by atoms with Gasteiger partial charge in [0.25, 0.3) is 0 Å². The summed E-state index contributed by atoms with van der Waals surface area (Å²) >= 11 is 0. The molecule has 11 nitrogen and oxygen atoms in total. The molecule has 0 radical (unpaired) electrons. The van der Waals surface area contributed by atoms with Gasteiger partial charge in [-0.25, -0.2) is 4.79 Å². The highest BCUT2D eigenvalue weighted by molar-refractivity contribution is 5.94. The minimum atomic E-state index is -1.40. The molecule has 0 aromatic rings. The molecule has 0 spiro atoms. The Labute approximate surface area is 176 Å². The standard InChI is InChI=1S/C19H34N4O7/c1-5-9(2)14(19(29)30)21-17(27)15(11(4)25)22-16(26)12-7-6-8-23(12)18(28)13(20)10(3)24/h9-15,24-25H,5-8,20H2,1-4H3,(H,21,27)(H,22,26)(H,29,30). The van der Waals surface area contributed by atoms with E-state index in [1.165, 1.54) is 18.7 Å². The number of hydrogen-bond acceptors (Lipinski definition) is 7. The highest BCUT2D eigenvalue weighted by Crippen LogP contribution is 2.19. The summed E-state index contributed by atoms with van der Waals surface area (Å²) < 4.78 is 0. The molecule has 1 saturated heterocycles. The van der Waals surface area contributed by atoms with E-state index < -0.39 is 60.1 Å². The van der Waals surface area contributed by atoms with Crippen LogP contribution in [-0.4, -0.2) is 86.8 Å². The van der Waals surface area contributed by atoms with E-state index in [2.05, 4.69) is 10.6 Å². The summed E-state index contributed by atoms with van der Waals surface area (Å²) in [5, 5.41) is 33.7. The Kier molecular flexibility index (Phi) is 9.66. The number of likely N-dealkylation sites (tertiary alicyclic amines) is 1. The largest absolute Gasteiger partial charge is 0.480 e. The van der Waals surface area contributed by atoms with Gasteiger partial charge in [0.15, 0.2) is 0 Å². The molecule has 3 amide bonds. The number of aliphatic hydroxyl groups excluding tert-OH is 2. The zero-order valence-electron chi connectivity index (χ0n) is 17.9. The Bertz CT molecular complexity index is 640. The van der Waals surface area contributed by atoms with E-state index >= 15 is 0 Å². The van der Waals surface area contributed by atoms with Crippen molar-refractivity contribution in [2.24, 2.45) is 11.7 Å². The molecule has 0 bridgehead atoms. The van der Waals surface area contributed by atoms with Crippen molar-refractivity contribution in [3.05, 3.63) is 0 Å². The summed E-state index contributed by atoms with van der Waals surface area (Å²) in [7, 11) is 0. The van der Waals surface area contributed by atoms with Crippen molar-refractivity contribution in [3.63, 3.8) is 0 Å². The highest BCUT2D eigenvalue weighted by atomic mass is 16.4. The molecule has 0 aromatic carbocycles. The van der Waals surface area contributed by atoms with Gasteiger partial charge in [0.2, 0.25) is 17.7 Å². The summed E-state index contributed by atoms with van der Waals surface area (Å²) in [6, 6.07) is -4.65. The van der Waals surface area contributed by atoms with Crippen molar-refractivity contribution in [3.8, 4) is 0 Å². The van der Waals surface area contributed by atoms with Crippen molar-refractivity contribution in [2.45, 2.75) is 83.3 Å². The van der Waals surface area contributed by atoms with Gasteiger partial charge in [0.05, 0.1) is 12.2 Å². The van der Waals surface area contributed by atoms with Gasteiger partial charge in [-0.2, -0.15) is 0 Å². The lowest BCUT2D eigenvalue weighted by molar-refractivity contribution is -0.145. The Hall–Kier alpha value is -2.24. The van der Waals surface area contributed by atoms with Crippen LogP contribution in [0.5, 0.6) is 0 Å². The predicted octanol–water partition coefficient (Wildman–Crippen LogP) is -1.83. The maximum absolute atomic E-state index is 12.8. The first-order valence-electron chi connectivity index (χ1n) is 10.2. The van der Waals surface area contributed by atoms with Crippen molar-refractivity contribution >= 4 is 23.7 Å². The van der Waals surface area contributed by atoms with Crippen molar-refractivity contribution < 1.29 is 34.5 Å². The summed E-state index contributed by atoms with van der Waals surface area (Å²) in [6.45, 7) is 6.40. The number of rotatable bonds is 10. The Morgan fingerprint density at radius 2 is 1.67 bits per heavy atom. The smallest absolute Gasteiger partial charge is 0.326 e. The number of carbonyl (C=O) groups is 4. The third-order valence-electron chi connectivity index (χ3n) is 5.48. The third-order valence-corrected chi connectivity index (χ3v) is 5.48. The van der Waals surface area contributed by atoms with Crippen LogP contribution in [0.15, 0.2) is 0 Å². The van der Waals surface area contributed by atoms with Crippen LogP contribution in [-0.2, 0) is 19.2 Å². The number of nitrogens with zero attached hydrogens (tertiary/aromatic N) is 1. The predicted molar refractivity (Wildman–Crippen MR) is 107 cm³/mol. The molecule has 0 saturated carbocycles. The van der Waals surface area contributed by atoms with Crippen molar-refractivity contribution in [2.75, 3.05) is 6.54 Å².